The molecule has 0 bridgehead atoms. The maximum absolute atomic E-state index is 12.6. The molecule has 2 aromatic rings. The molecule has 2 N–H and O–H groups in total. The SMILES string of the molecule is O=C(N[C@@H](Cc1ccc(C(F)(F)F)cc1)C(=O)O)c1cc(Br)cc(Br)c1. The molecule has 0 fully saturated rings. The summed E-state index contributed by atoms with van der Waals surface area (Å²) >= 11 is 6.47. The van der Waals surface area contributed by atoms with Crippen LogP contribution in [0.25, 0.3) is 0 Å². The van der Waals surface area contributed by atoms with Crippen LogP contribution in [0.15, 0.2) is 51.4 Å². The summed E-state index contributed by atoms with van der Waals surface area (Å²) in [5.41, 5.74) is -0.220. The first-order valence-corrected chi connectivity index (χ1v) is 8.81. The third-order valence-electron chi connectivity index (χ3n) is 3.45. The second-order valence-electron chi connectivity index (χ2n) is 5.42. The number of hydrogen-bond acceptors (Lipinski definition) is 2. The monoisotopic (exact) mass is 493 g/mol. The molecule has 0 aliphatic carbocycles. The van der Waals surface area contributed by atoms with Crippen LogP contribution in [0.4, 0.5) is 13.2 Å². The molecule has 2 aromatic carbocycles. The highest BCUT2D eigenvalue weighted by Gasteiger charge is 2.30. The van der Waals surface area contributed by atoms with E-state index in [1.807, 2.05) is 0 Å². The van der Waals surface area contributed by atoms with Gasteiger partial charge in [-0.15, -0.1) is 0 Å². The van der Waals surface area contributed by atoms with Crippen molar-refractivity contribution in [2.75, 3.05) is 0 Å². The van der Waals surface area contributed by atoms with Crippen molar-refractivity contribution in [3.05, 3.63) is 68.1 Å². The van der Waals surface area contributed by atoms with E-state index in [1.54, 1.807) is 6.07 Å². The molecule has 0 aliphatic heterocycles. The van der Waals surface area contributed by atoms with Crippen molar-refractivity contribution in [2.24, 2.45) is 0 Å². The highest BCUT2D eigenvalue weighted by atomic mass is 79.9. The molecule has 1 amide bonds. The van der Waals surface area contributed by atoms with Gasteiger partial charge in [-0.2, -0.15) is 13.2 Å². The van der Waals surface area contributed by atoms with Gasteiger partial charge in [-0.05, 0) is 35.9 Å². The van der Waals surface area contributed by atoms with Crippen LogP contribution < -0.4 is 5.32 Å². The molecule has 0 spiro atoms. The number of benzene rings is 2. The summed E-state index contributed by atoms with van der Waals surface area (Å²) in [5.74, 6) is -1.89. The third-order valence-corrected chi connectivity index (χ3v) is 4.36. The number of carbonyl (C=O) groups is 2. The molecule has 0 saturated heterocycles. The number of amides is 1. The van der Waals surface area contributed by atoms with Gasteiger partial charge in [-0.3, -0.25) is 4.79 Å². The Balaban J connectivity index is 2.14. The van der Waals surface area contributed by atoms with Crippen molar-refractivity contribution in [1.82, 2.24) is 5.32 Å². The van der Waals surface area contributed by atoms with Gasteiger partial charge in [0.1, 0.15) is 6.04 Å². The van der Waals surface area contributed by atoms with Crippen LogP contribution in [0.1, 0.15) is 21.5 Å². The smallest absolute Gasteiger partial charge is 0.416 e. The van der Waals surface area contributed by atoms with E-state index in [2.05, 4.69) is 37.2 Å². The normalized spacial score (nSPS) is 12.5. The Morgan fingerprint density at radius 3 is 2.04 bits per heavy atom. The van der Waals surface area contributed by atoms with Gasteiger partial charge in [0, 0.05) is 20.9 Å². The number of aliphatic carboxylic acids is 1. The van der Waals surface area contributed by atoms with Gasteiger partial charge in [0.25, 0.3) is 5.91 Å². The molecular formula is C17H12Br2F3NO3. The topological polar surface area (TPSA) is 66.4 Å². The van der Waals surface area contributed by atoms with Gasteiger partial charge >= 0.3 is 12.1 Å². The number of carboxylic acids is 1. The number of nitrogens with one attached hydrogen (secondary N) is 1. The van der Waals surface area contributed by atoms with Crippen LogP contribution in [-0.4, -0.2) is 23.0 Å². The van der Waals surface area contributed by atoms with Gasteiger partial charge in [-0.1, -0.05) is 44.0 Å². The van der Waals surface area contributed by atoms with E-state index in [4.69, 9.17) is 0 Å². The lowest BCUT2D eigenvalue weighted by Gasteiger charge is -2.15. The average molecular weight is 495 g/mol. The Bertz CT molecular complexity index is 803. The zero-order valence-electron chi connectivity index (χ0n) is 13.0. The molecule has 26 heavy (non-hydrogen) atoms. The lowest BCUT2D eigenvalue weighted by Crippen LogP contribution is -2.42. The molecule has 0 aliphatic rings. The summed E-state index contributed by atoms with van der Waals surface area (Å²) < 4.78 is 39.0. The summed E-state index contributed by atoms with van der Waals surface area (Å²) in [5, 5.41) is 11.7. The van der Waals surface area contributed by atoms with Gasteiger partial charge in [0.15, 0.2) is 0 Å². The number of rotatable bonds is 5. The number of hydrogen-bond donors (Lipinski definition) is 2. The van der Waals surface area contributed by atoms with Crippen molar-refractivity contribution in [1.29, 1.82) is 0 Å². The summed E-state index contributed by atoms with van der Waals surface area (Å²) in [7, 11) is 0. The largest absolute Gasteiger partial charge is 0.480 e. The fourth-order valence-electron chi connectivity index (χ4n) is 2.19. The molecule has 0 aromatic heterocycles. The highest BCUT2D eigenvalue weighted by Crippen LogP contribution is 2.29. The quantitative estimate of drug-likeness (QED) is 0.635. The van der Waals surface area contributed by atoms with Crippen LogP contribution in [0.5, 0.6) is 0 Å². The lowest BCUT2D eigenvalue weighted by atomic mass is 10.0. The van der Waals surface area contributed by atoms with Crippen LogP contribution >= 0.6 is 31.9 Å². The number of alkyl halides is 3. The number of carboxylic acid groups (broad SMARTS) is 1. The molecule has 138 valence electrons. The van der Waals surface area contributed by atoms with Gasteiger partial charge in [-0.25, -0.2) is 4.79 Å². The fourth-order valence-corrected chi connectivity index (χ4v) is 3.49. The number of carbonyl (C=O) groups excluding carboxylic acids is 1. The molecule has 1 atom stereocenters. The highest BCUT2D eigenvalue weighted by molar-refractivity contribution is 9.11. The molecule has 2 rings (SSSR count). The van der Waals surface area contributed by atoms with Crippen molar-refractivity contribution in [3.63, 3.8) is 0 Å². The Labute approximate surface area is 163 Å². The van der Waals surface area contributed by atoms with E-state index < -0.39 is 29.7 Å². The molecule has 9 heteroatoms. The fraction of sp³-hybridized carbons (Fsp3) is 0.176. The van der Waals surface area contributed by atoms with E-state index in [9.17, 15) is 27.9 Å². The predicted octanol–water partition coefficient (Wildman–Crippen LogP) is 4.66. The standard InChI is InChI=1S/C17H12Br2F3NO3/c18-12-6-10(7-13(19)8-12)15(24)23-14(16(25)26)5-9-1-3-11(4-2-9)17(20,21)22/h1-4,6-8,14H,5H2,(H,23,24)(H,25,26)/t14-/m0/s1. The first-order chi connectivity index (χ1) is 12.1. The zero-order chi connectivity index (χ0) is 19.5. The molecular weight excluding hydrogens is 483 g/mol. The molecule has 0 saturated carbocycles. The van der Waals surface area contributed by atoms with E-state index in [0.29, 0.717) is 14.5 Å². The number of halogens is 5. The van der Waals surface area contributed by atoms with Crippen LogP contribution in [-0.2, 0) is 17.4 Å². The van der Waals surface area contributed by atoms with Crippen LogP contribution in [0.2, 0.25) is 0 Å². The predicted molar refractivity (Wildman–Crippen MR) is 95.9 cm³/mol. The van der Waals surface area contributed by atoms with Gasteiger partial charge in [0.2, 0.25) is 0 Å². The Morgan fingerprint density at radius 1 is 1.04 bits per heavy atom. The average Bonchev–Trinajstić information content (AvgIpc) is 2.52. The second kappa shape index (κ2) is 8.22. The Kier molecular flexibility index (Phi) is 6.46. The molecule has 4 nitrogen and oxygen atoms in total. The van der Waals surface area contributed by atoms with E-state index in [0.717, 1.165) is 12.1 Å². The summed E-state index contributed by atoms with van der Waals surface area (Å²) in [6.45, 7) is 0. The molecule has 0 unspecified atom stereocenters. The van der Waals surface area contributed by atoms with Gasteiger partial charge < -0.3 is 10.4 Å². The maximum Gasteiger partial charge on any atom is 0.416 e. The van der Waals surface area contributed by atoms with Crippen LogP contribution in [0.3, 0.4) is 0 Å². The van der Waals surface area contributed by atoms with E-state index in [1.165, 1.54) is 24.3 Å². The van der Waals surface area contributed by atoms with Crippen molar-refractivity contribution in [3.8, 4) is 0 Å². The second-order valence-corrected chi connectivity index (χ2v) is 7.25. The van der Waals surface area contributed by atoms with Gasteiger partial charge in [0.05, 0.1) is 5.56 Å². The zero-order valence-corrected chi connectivity index (χ0v) is 16.2. The first-order valence-electron chi connectivity index (χ1n) is 7.22. The minimum atomic E-state index is -4.47. The van der Waals surface area contributed by atoms with Crippen molar-refractivity contribution < 1.29 is 27.9 Å². The summed E-state index contributed by atoms with van der Waals surface area (Å²) in [4.78, 5) is 23.7. The molecule has 0 radical (unpaired) electrons. The maximum atomic E-state index is 12.6. The Hall–Kier alpha value is -1.87. The Morgan fingerprint density at radius 2 is 1.58 bits per heavy atom. The minimum absolute atomic E-state index is 0.144. The third kappa shape index (κ3) is 5.57. The van der Waals surface area contributed by atoms with E-state index in [-0.39, 0.29) is 12.0 Å². The van der Waals surface area contributed by atoms with Crippen LogP contribution in [0, 0.1) is 0 Å². The van der Waals surface area contributed by atoms with Crippen molar-refractivity contribution in [2.45, 2.75) is 18.6 Å². The van der Waals surface area contributed by atoms with E-state index >= 15 is 0 Å². The molecule has 0 heterocycles. The minimum Gasteiger partial charge on any atom is -0.480 e. The summed E-state index contributed by atoms with van der Waals surface area (Å²) in [6, 6.07) is 7.63. The first kappa shape index (κ1) is 20.4. The van der Waals surface area contributed by atoms with Crippen molar-refractivity contribution >= 4 is 43.7 Å². The lowest BCUT2D eigenvalue weighted by molar-refractivity contribution is -0.139. The summed E-state index contributed by atoms with van der Waals surface area (Å²) in [6.07, 6.45) is -4.61.